The predicted octanol–water partition coefficient (Wildman–Crippen LogP) is 3.96. The van der Waals surface area contributed by atoms with Gasteiger partial charge in [-0.3, -0.25) is 14.9 Å². The average molecular weight is 388 g/mol. The van der Waals surface area contributed by atoms with Gasteiger partial charge in [-0.15, -0.1) is 0 Å². The van der Waals surface area contributed by atoms with Gasteiger partial charge in [0.2, 0.25) is 5.91 Å². The Balaban J connectivity index is 1.79. The van der Waals surface area contributed by atoms with Crippen molar-refractivity contribution in [2.75, 3.05) is 11.4 Å². The van der Waals surface area contributed by atoms with Crippen molar-refractivity contribution in [2.24, 2.45) is 5.92 Å². The van der Waals surface area contributed by atoms with Gasteiger partial charge in [0.05, 0.1) is 21.6 Å². The van der Waals surface area contributed by atoms with E-state index in [0.29, 0.717) is 24.6 Å². The summed E-state index contributed by atoms with van der Waals surface area (Å²) in [5.74, 6) is 0.465. The van der Waals surface area contributed by atoms with Crippen LogP contribution in [-0.4, -0.2) is 32.2 Å². The highest BCUT2D eigenvalue weighted by Gasteiger charge is 2.35. The molecule has 1 aliphatic rings. The summed E-state index contributed by atoms with van der Waals surface area (Å²) in [5, 5.41) is 11.6. The summed E-state index contributed by atoms with van der Waals surface area (Å²) in [4.78, 5) is 29.8. The number of nitrogens with zero attached hydrogens (tertiary/aromatic N) is 4. The maximum absolute atomic E-state index is 12.9. The Hall–Kier alpha value is -2.35. The zero-order valence-electron chi connectivity index (χ0n) is 16.0. The first-order valence-corrected chi connectivity index (χ1v) is 9.92. The van der Waals surface area contributed by atoms with Crippen LogP contribution in [0.25, 0.3) is 0 Å². The highest BCUT2D eigenvalue weighted by atomic mass is 32.2. The van der Waals surface area contributed by atoms with Crippen LogP contribution < -0.4 is 4.90 Å². The Morgan fingerprint density at radius 1 is 1.37 bits per heavy atom. The van der Waals surface area contributed by atoms with Crippen LogP contribution in [-0.2, 0) is 11.3 Å². The Kier molecular flexibility index (Phi) is 5.55. The lowest BCUT2D eigenvalue weighted by Gasteiger charge is -2.17. The Morgan fingerprint density at radius 2 is 2.11 bits per heavy atom. The fourth-order valence-electron chi connectivity index (χ4n) is 3.21. The van der Waals surface area contributed by atoms with E-state index in [1.54, 1.807) is 17.0 Å². The second kappa shape index (κ2) is 7.72. The summed E-state index contributed by atoms with van der Waals surface area (Å²) in [6, 6.07) is 6.25. The molecule has 0 saturated carbocycles. The van der Waals surface area contributed by atoms with Crippen molar-refractivity contribution in [1.29, 1.82) is 0 Å². The standard InChI is InChI=1S/C19H24N4O3S/c1-12(2)11-22-14(4)13(3)20-19(22)27-17-8-9-21(18(17)24)15-6-5-7-16(10-15)23(25)26/h5-7,10,12,17H,8-9,11H2,1-4H3/t17-/m1/s1. The van der Waals surface area contributed by atoms with Crippen molar-refractivity contribution in [3.8, 4) is 0 Å². The smallest absolute Gasteiger partial charge is 0.271 e. The summed E-state index contributed by atoms with van der Waals surface area (Å²) in [5.41, 5.74) is 2.69. The molecule has 27 heavy (non-hydrogen) atoms. The zero-order valence-corrected chi connectivity index (χ0v) is 16.8. The summed E-state index contributed by atoms with van der Waals surface area (Å²) in [7, 11) is 0. The van der Waals surface area contributed by atoms with Crippen LogP contribution >= 0.6 is 11.8 Å². The molecule has 0 unspecified atom stereocenters. The average Bonchev–Trinajstić information content (AvgIpc) is 3.10. The molecule has 1 aromatic carbocycles. The first kappa shape index (κ1) is 19.4. The van der Waals surface area contributed by atoms with Crippen molar-refractivity contribution in [3.05, 3.63) is 45.8 Å². The van der Waals surface area contributed by atoms with Crippen LogP contribution in [0, 0.1) is 29.9 Å². The summed E-state index contributed by atoms with van der Waals surface area (Å²) < 4.78 is 2.19. The van der Waals surface area contributed by atoms with Gasteiger partial charge in [0.15, 0.2) is 5.16 Å². The number of carbonyl (C=O) groups excluding carboxylic acids is 1. The van der Waals surface area contributed by atoms with Crippen LogP contribution in [0.4, 0.5) is 11.4 Å². The normalized spacial score (nSPS) is 17.1. The molecule has 0 bridgehead atoms. The largest absolute Gasteiger partial charge is 0.323 e. The molecule has 1 aromatic heterocycles. The molecular weight excluding hydrogens is 364 g/mol. The second-order valence-corrected chi connectivity index (χ2v) is 8.40. The number of thioether (sulfide) groups is 1. The molecule has 2 aromatic rings. The van der Waals surface area contributed by atoms with Crippen LogP contribution in [0.5, 0.6) is 0 Å². The fraction of sp³-hybridized carbons (Fsp3) is 0.474. The minimum Gasteiger partial charge on any atom is -0.323 e. The van der Waals surface area contributed by atoms with E-state index in [1.165, 1.54) is 23.9 Å². The first-order valence-electron chi connectivity index (χ1n) is 9.04. The number of imidazole rings is 1. The second-order valence-electron chi connectivity index (χ2n) is 7.23. The van der Waals surface area contributed by atoms with Gasteiger partial charge in [-0.05, 0) is 32.3 Å². The highest BCUT2D eigenvalue weighted by Crippen LogP contribution is 2.34. The zero-order chi connectivity index (χ0) is 19.7. The van der Waals surface area contributed by atoms with Gasteiger partial charge < -0.3 is 9.47 Å². The lowest BCUT2D eigenvalue weighted by Crippen LogP contribution is -2.28. The number of aromatic nitrogens is 2. The predicted molar refractivity (Wildman–Crippen MR) is 106 cm³/mol. The molecule has 0 N–H and O–H groups in total. The maximum Gasteiger partial charge on any atom is 0.271 e. The van der Waals surface area contributed by atoms with E-state index in [-0.39, 0.29) is 16.8 Å². The molecule has 0 radical (unpaired) electrons. The Labute approximate surface area is 162 Å². The van der Waals surface area contributed by atoms with E-state index in [0.717, 1.165) is 23.1 Å². The molecule has 1 aliphatic heterocycles. The number of hydrogen-bond donors (Lipinski definition) is 0. The maximum atomic E-state index is 12.9. The van der Waals surface area contributed by atoms with Crippen molar-refractivity contribution < 1.29 is 9.72 Å². The molecule has 1 saturated heterocycles. The summed E-state index contributed by atoms with van der Waals surface area (Å²) in [6.45, 7) is 9.79. The summed E-state index contributed by atoms with van der Waals surface area (Å²) in [6.07, 6.45) is 0.693. The number of non-ortho nitro benzene ring substituents is 1. The van der Waals surface area contributed by atoms with E-state index in [4.69, 9.17) is 0 Å². The van der Waals surface area contributed by atoms with Crippen molar-refractivity contribution in [1.82, 2.24) is 9.55 Å². The number of carbonyl (C=O) groups is 1. The van der Waals surface area contributed by atoms with E-state index >= 15 is 0 Å². The number of rotatable bonds is 6. The number of amides is 1. The number of hydrogen-bond acceptors (Lipinski definition) is 5. The molecule has 1 fully saturated rings. The molecular formula is C19H24N4O3S. The molecule has 2 heterocycles. The minimum atomic E-state index is -0.440. The van der Waals surface area contributed by atoms with Crippen LogP contribution in [0.3, 0.4) is 0 Å². The fourth-order valence-corrected chi connectivity index (χ4v) is 4.45. The van der Waals surface area contributed by atoms with E-state index < -0.39 is 4.92 Å². The van der Waals surface area contributed by atoms with Crippen LogP contribution in [0.15, 0.2) is 29.4 Å². The Morgan fingerprint density at radius 3 is 2.78 bits per heavy atom. The molecule has 1 atom stereocenters. The monoisotopic (exact) mass is 388 g/mol. The van der Waals surface area contributed by atoms with Gasteiger partial charge in [0, 0.05) is 30.9 Å². The number of nitro groups is 1. The molecule has 7 nitrogen and oxygen atoms in total. The van der Waals surface area contributed by atoms with Crippen molar-refractivity contribution in [2.45, 2.75) is 51.1 Å². The topological polar surface area (TPSA) is 81.3 Å². The van der Waals surface area contributed by atoms with Gasteiger partial charge >= 0.3 is 0 Å². The number of benzene rings is 1. The minimum absolute atomic E-state index is 0.00451. The van der Waals surface area contributed by atoms with Crippen molar-refractivity contribution >= 4 is 29.0 Å². The SMILES string of the molecule is Cc1nc(S[C@@H]2CCN(c3cccc([N+](=O)[O-])c3)C2=O)n(CC(C)C)c1C. The van der Waals surface area contributed by atoms with E-state index in [1.807, 2.05) is 6.92 Å². The third-order valence-corrected chi connectivity index (χ3v) is 5.97. The van der Waals surface area contributed by atoms with Crippen LogP contribution in [0.1, 0.15) is 31.7 Å². The molecule has 0 aliphatic carbocycles. The molecule has 144 valence electrons. The van der Waals surface area contributed by atoms with Gasteiger partial charge in [-0.25, -0.2) is 4.98 Å². The van der Waals surface area contributed by atoms with E-state index in [2.05, 4.69) is 30.3 Å². The quantitative estimate of drug-likeness (QED) is 0.553. The van der Waals surface area contributed by atoms with E-state index in [9.17, 15) is 14.9 Å². The number of aryl methyl sites for hydroxylation is 1. The number of nitro benzene ring substituents is 1. The Bertz CT molecular complexity index is 878. The van der Waals surface area contributed by atoms with Gasteiger partial charge in [0.25, 0.3) is 5.69 Å². The van der Waals surface area contributed by atoms with Gasteiger partial charge in [-0.2, -0.15) is 0 Å². The molecule has 8 heteroatoms. The molecule has 1 amide bonds. The lowest BCUT2D eigenvalue weighted by atomic mass is 10.2. The lowest BCUT2D eigenvalue weighted by molar-refractivity contribution is -0.384. The van der Waals surface area contributed by atoms with Crippen LogP contribution in [0.2, 0.25) is 0 Å². The third kappa shape index (κ3) is 4.00. The third-order valence-electron chi connectivity index (χ3n) is 4.73. The molecule has 0 spiro atoms. The first-order chi connectivity index (χ1) is 12.8. The number of anilines is 1. The highest BCUT2D eigenvalue weighted by molar-refractivity contribution is 8.00. The summed E-state index contributed by atoms with van der Waals surface area (Å²) >= 11 is 1.50. The van der Waals surface area contributed by atoms with Gasteiger partial charge in [0.1, 0.15) is 0 Å². The van der Waals surface area contributed by atoms with Crippen molar-refractivity contribution in [3.63, 3.8) is 0 Å². The van der Waals surface area contributed by atoms with Gasteiger partial charge in [-0.1, -0.05) is 31.7 Å². The molecule has 3 rings (SSSR count).